The zero-order valence-corrected chi connectivity index (χ0v) is 9.77. The molecule has 4 heteroatoms. The summed E-state index contributed by atoms with van der Waals surface area (Å²) < 4.78 is 0. The van der Waals surface area contributed by atoms with Crippen LogP contribution in [0.2, 0.25) is 0 Å². The molecule has 1 heterocycles. The van der Waals surface area contributed by atoms with E-state index in [0.29, 0.717) is 6.42 Å². The molecule has 1 saturated heterocycles. The Hall–Kier alpha value is -1.84. The van der Waals surface area contributed by atoms with Crippen molar-refractivity contribution in [2.75, 3.05) is 0 Å². The van der Waals surface area contributed by atoms with Crippen LogP contribution in [0.25, 0.3) is 0 Å². The normalized spacial score (nSPS) is 24.1. The minimum atomic E-state index is -0.559. The van der Waals surface area contributed by atoms with Gasteiger partial charge in [-0.15, -0.1) is 0 Å². The molecule has 0 radical (unpaired) electrons. The highest BCUT2D eigenvalue weighted by Gasteiger charge is 2.33. The zero-order chi connectivity index (χ0) is 12.3. The van der Waals surface area contributed by atoms with Crippen molar-refractivity contribution in [1.82, 2.24) is 10.6 Å². The molecule has 2 amide bonds. The van der Waals surface area contributed by atoms with E-state index in [9.17, 15) is 9.59 Å². The number of amides is 2. The van der Waals surface area contributed by atoms with E-state index < -0.39 is 6.04 Å². The fraction of sp³-hybridized carbons (Fsp3) is 0.385. The van der Waals surface area contributed by atoms with Crippen molar-refractivity contribution >= 4 is 11.8 Å². The SMILES string of the molecule is CCCC1NC(=O)C(c2ccccc2)NC1=O. The van der Waals surface area contributed by atoms with Crippen molar-refractivity contribution in [3.63, 3.8) is 0 Å². The van der Waals surface area contributed by atoms with Gasteiger partial charge in [-0.3, -0.25) is 9.59 Å². The molecule has 2 N–H and O–H groups in total. The molecule has 4 nitrogen and oxygen atoms in total. The lowest BCUT2D eigenvalue weighted by molar-refractivity contribution is -0.137. The van der Waals surface area contributed by atoms with Gasteiger partial charge in [-0.1, -0.05) is 43.7 Å². The second-order valence-corrected chi connectivity index (χ2v) is 4.20. The van der Waals surface area contributed by atoms with Crippen molar-refractivity contribution in [3.05, 3.63) is 35.9 Å². The lowest BCUT2D eigenvalue weighted by Gasteiger charge is -2.29. The van der Waals surface area contributed by atoms with Crippen LogP contribution in [0.15, 0.2) is 30.3 Å². The Morgan fingerprint density at radius 1 is 1.06 bits per heavy atom. The smallest absolute Gasteiger partial charge is 0.247 e. The third-order valence-electron chi connectivity index (χ3n) is 2.89. The van der Waals surface area contributed by atoms with Gasteiger partial charge in [-0.05, 0) is 12.0 Å². The Bertz CT molecular complexity index is 417. The van der Waals surface area contributed by atoms with Crippen molar-refractivity contribution < 1.29 is 9.59 Å². The molecule has 0 spiro atoms. The summed E-state index contributed by atoms with van der Waals surface area (Å²) in [5.41, 5.74) is 0.813. The van der Waals surface area contributed by atoms with Crippen LogP contribution in [-0.2, 0) is 9.59 Å². The third-order valence-corrected chi connectivity index (χ3v) is 2.89. The van der Waals surface area contributed by atoms with Gasteiger partial charge in [0.25, 0.3) is 0 Å². The summed E-state index contributed by atoms with van der Waals surface area (Å²) in [6, 6.07) is 8.32. The van der Waals surface area contributed by atoms with E-state index in [1.807, 2.05) is 37.3 Å². The van der Waals surface area contributed by atoms with Gasteiger partial charge in [0.1, 0.15) is 12.1 Å². The van der Waals surface area contributed by atoms with Crippen molar-refractivity contribution in [1.29, 1.82) is 0 Å². The minimum absolute atomic E-state index is 0.0969. The molecule has 2 rings (SSSR count). The molecule has 1 fully saturated rings. The van der Waals surface area contributed by atoms with E-state index in [1.165, 1.54) is 0 Å². The molecule has 17 heavy (non-hydrogen) atoms. The van der Waals surface area contributed by atoms with Crippen LogP contribution < -0.4 is 10.6 Å². The van der Waals surface area contributed by atoms with E-state index in [-0.39, 0.29) is 17.9 Å². The van der Waals surface area contributed by atoms with Crippen molar-refractivity contribution in [2.24, 2.45) is 0 Å². The number of carbonyl (C=O) groups excluding carboxylic acids is 2. The van der Waals surface area contributed by atoms with Gasteiger partial charge >= 0.3 is 0 Å². The fourth-order valence-corrected chi connectivity index (χ4v) is 2.00. The summed E-state index contributed by atoms with van der Waals surface area (Å²) in [4.78, 5) is 23.7. The number of carbonyl (C=O) groups is 2. The first-order chi connectivity index (χ1) is 8.22. The van der Waals surface area contributed by atoms with Gasteiger partial charge in [0.2, 0.25) is 11.8 Å². The van der Waals surface area contributed by atoms with Crippen LogP contribution in [0.3, 0.4) is 0 Å². The predicted molar refractivity (Wildman–Crippen MR) is 64.2 cm³/mol. The summed E-state index contributed by atoms with van der Waals surface area (Å²) >= 11 is 0. The van der Waals surface area contributed by atoms with Gasteiger partial charge in [0, 0.05) is 0 Å². The summed E-state index contributed by atoms with van der Waals surface area (Å²) in [6.07, 6.45) is 1.55. The predicted octanol–water partition coefficient (Wildman–Crippen LogP) is 1.14. The molecule has 0 aromatic heterocycles. The number of nitrogens with one attached hydrogen (secondary N) is 2. The summed E-state index contributed by atoms with van der Waals surface area (Å²) in [5, 5.41) is 5.53. The van der Waals surface area contributed by atoms with Crippen LogP contribution in [0.1, 0.15) is 31.4 Å². The highest BCUT2D eigenvalue weighted by Crippen LogP contribution is 2.17. The quantitative estimate of drug-likeness (QED) is 0.821. The van der Waals surface area contributed by atoms with Crippen LogP contribution in [0.4, 0.5) is 0 Å². The first kappa shape index (κ1) is 11.6. The molecule has 1 aliphatic heterocycles. The van der Waals surface area contributed by atoms with Crippen molar-refractivity contribution in [2.45, 2.75) is 31.8 Å². The topological polar surface area (TPSA) is 58.2 Å². The lowest BCUT2D eigenvalue weighted by atomic mass is 10.0. The highest BCUT2D eigenvalue weighted by atomic mass is 16.2. The third kappa shape index (κ3) is 2.46. The first-order valence-electron chi connectivity index (χ1n) is 5.88. The van der Waals surface area contributed by atoms with E-state index in [4.69, 9.17) is 0 Å². The molecular weight excluding hydrogens is 216 g/mol. The first-order valence-corrected chi connectivity index (χ1v) is 5.88. The standard InChI is InChI=1S/C13H16N2O2/c1-2-6-10-12(16)15-11(13(17)14-10)9-7-4-3-5-8-9/h3-5,7-8,10-11H,2,6H2,1H3,(H,14,17)(H,15,16). The average Bonchev–Trinajstić information content (AvgIpc) is 2.35. The summed E-state index contributed by atoms with van der Waals surface area (Å²) in [7, 11) is 0. The Labute approximate surface area is 100 Å². The average molecular weight is 232 g/mol. The Morgan fingerprint density at radius 2 is 1.76 bits per heavy atom. The van der Waals surface area contributed by atoms with Crippen LogP contribution in [-0.4, -0.2) is 17.9 Å². The molecule has 90 valence electrons. The molecule has 1 aliphatic rings. The number of rotatable bonds is 3. The number of piperazine rings is 1. The monoisotopic (exact) mass is 232 g/mol. The summed E-state index contributed by atoms with van der Waals surface area (Å²) in [6.45, 7) is 1.99. The van der Waals surface area contributed by atoms with Gasteiger partial charge in [0.05, 0.1) is 0 Å². The van der Waals surface area contributed by atoms with Gasteiger partial charge in [-0.2, -0.15) is 0 Å². The highest BCUT2D eigenvalue weighted by molar-refractivity contribution is 5.97. The second-order valence-electron chi connectivity index (χ2n) is 4.20. The summed E-state index contributed by atoms with van der Waals surface area (Å²) in [5.74, 6) is -0.227. The zero-order valence-electron chi connectivity index (χ0n) is 9.77. The Morgan fingerprint density at radius 3 is 2.41 bits per heavy atom. The van der Waals surface area contributed by atoms with E-state index >= 15 is 0 Å². The fourth-order valence-electron chi connectivity index (χ4n) is 2.00. The maximum absolute atomic E-state index is 11.9. The van der Waals surface area contributed by atoms with E-state index in [0.717, 1.165) is 12.0 Å². The maximum Gasteiger partial charge on any atom is 0.247 e. The lowest BCUT2D eigenvalue weighted by Crippen LogP contribution is -2.57. The molecule has 0 aliphatic carbocycles. The van der Waals surface area contributed by atoms with E-state index in [1.54, 1.807) is 0 Å². The molecule has 1 aromatic carbocycles. The van der Waals surface area contributed by atoms with Crippen molar-refractivity contribution in [3.8, 4) is 0 Å². The van der Waals surface area contributed by atoms with Gasteiger partial charge < -0.3 is 10.6 Å². The van der Waals surface area contributed by atoms with Crippen LogP contribution in [0.5, 0.6) is 0 Å². The van der Waals surface area contributed by atoms with Gasteiger partial charge in [-0.25, -0.2) is 0 Å². The molecule has 0 bridgehead atoms. The Kier molecular flexibility index (Phi) is 3.42. The number of hydrogen-bond acceptors (Lipinski definition) is 2. The molecule has 1 aromatic rings. The largest absolute Gasteiger partial charge is 0.342 e. The molecular formula is C13H16N2O2. The van der Waals surface area contributed by atoms with Crippen LogP contribution >= 0.6 is 0 Å². The molecule has 2 unspecified atom stereocenters. The maximum atomic E-state index is 11.9. The number of benzene rings is 1. The van der Waals surface area contributed by atoms with Crippen LogP contribution in [0, 0.1) is 0 Å². The van der Waals surface area contributed by atoms with Gasteiger partial charge in [0.15, 0.2) is 0 Å². The second kappa shape index (κ2) is 4.99. The Balaban J connectivity index is 2.13. The van der Waals surface area contributed by atoms with E-state index in [2.05, 4.69) is 10.6 Å². The minimum Gasteiger partial charge on any atom is -0.342 e. The molecule has 2 atom stereocenters. The number of hydrogen-bond donors (Lipinski definition) is 2. The molecule has 0 saturated carbocycles.